The zero-order chi connectivity index (χ0) is 12.4. The van der Waals surface area contributed by atoms with Gasteiger partial charge in [0.15, 0.2) is 0 Å². The van der Waals surface area contributed by atoms with Gasteiger partial charge in [-0.15, -0.1) is 0 Å². The minimum Gasteiger partial charge on any atom is -0.326 e. The fourth-order valence-electron chi connectivity index (χ4n) is 1.75. The van der Waals surface area contributed by atoms with E-state index in [-0.39, 0.29) is 5.69 Å². The Morgan fingerprint density at radius 2 is 2.18 bits per heavy atom. The Kier molecular flexibility index (Phi) is 2.88. The lowest BCUT2D eigenvalue weighted by Gasteiger charge is -2.01. The van der Waals surface area contributed by atoms with Crippen LogP contribution in [-0.4, -0.2) is 14.7 Å². The maximum absolute atomic E-state index is 10.9. The van der Waals surface area contributed by atoms with Gasteiger partial charge in [-0.25, -0.2) is 0 Å². The summed E-state index contributed by atoms with van der Waals surface area (Å²) in [6.45, 7) is 0.301. The molecule has 0 radical (unpaired) electrons. The van der Waals surface area contributed by atoms with Gasteiger partial charge in [0.05, 0.1) is 10.5 Å². The summed E-state index contributed by atoms with van der Waals surface area (Å²) in [5, 5.41) is 15.2. The lowest BCUT2D eigenvalue weighted by molar-refractivity contribution is -0.384. The van der Waals surface area contributed by atoms with Crippen molar-refractivity contribution in [1.29, 1.82) is 0 Å². The fourth-order valence-corrected chi connectivity index (χ4v) is 1.75. The summed E-state index contributed by atoms with van der Waals surface area (Å²) < 4.78 is 1.61. The second-order valence-electron chi connectivity index (χ2n) is 3.65. The van der Waals surface area contributed by atoms with Crippen LogP contribution in [0.5, 0.6) is 0 Å². The molecule has 0 amide bonds. The number of nitro benzene ring substituents is 1. The van der Waals surface area contributed by atoms with Gasteiger partial charge >= 0.3 is 0 Å². The van der Waals surface area contributed by atoms with E-state index in [4.69, 9.17) is 5.73 Å². The van der Waals surface area contributed by atoms with Crippen molar-refractivity contribution in [1.82, 2.24) is 9.78 Å². The summed E-state index contributed by atoms with van der Waals surface area (Å²) in [6.07, 6.45) is 1.77. The number of rotatable bonds is 3. The Morgan fingerprint density at radius 3 is 2.82 bits per heavy atom. The van der Waals surface area contributed by atoms with Gasteiger partial charge in [-0.3, -0.25) is 14.8 Å². The second-order valence-corrected chi connectivity index (χ2v) is 3.65. The SMILES string of the molecule is Cn1cc(CN)c(-c2ccccc2[N+](=O)[O-])n1. The molecule has 0 bridgehead atoms. The van der Waals surface area contributed by atoms with Crippen LogP contribution in [0.1, 0.15) is 5.56 Å². The van der Waals surface area contributed by atoms with Crippen molar-refractivity contribution in [2.45, 2.75) is 6.54 Å². The van der Waals surface area contributed by atoms with Crippen LogP contribution < -0.4 is 5.73 Å². The predicted octanol–water partition coefficient (Wildman–Crippen LogP) is 1.45. The molecule has 1 aromatic heterocycles. The number of nitro groups is 1. The minimum atomic E-state index is -0.412. The summed E-state index contributed by atoms with van der Waals surface area (Å²) in [7, 11) is 1.76. The van der Waals surface area contributed by atoms with E-state index in [1.807, 2.05) is 0 Å². The maximum atomic E-state index is 10.9. The molecule has 88 valence electrons. The molecule has 0 saturated heterocycles. The van der Waals surface area contributed by atoms with Crippen LogP contribution in [0.3, 0.4) is 0 Å². The molecule has 1 aromatic carbocycles. The highest BCUT2D eigenvalue weighted by molar-refractivity contribution is 5.72. The molecule has 0 fully saturated rings. The number of aryl methyl sites for hydroxylation is 1. The van der Waals surface area contributed by atoms with E-state index in [9.17, 15) is 10.1 Å². The molecule has 0 unspecified atom stereocenters. The van der Waals surface area contributed by atoms with Gasteiger partial charge in [-0.2, -0.15) is 5.10 Å². The molecule has 6 nitrogen and oxygen atoms in total. The Labute approximate surface area is 97.8 Å². The first-order valence-electron chi connectivity index (χ1n) is 5.10. The molecule has 1 heterocycles. The minimum absolute atomic E-state index is 0.0425. The Hall–Kier alpha value is -2.21. The van der Waals surface area contributed by atoms with Crippen molar-refractivity contribution in [3.8, 4) is 11.3 Å². The van der Waals surface area contributed by atoms with Gasteiger partial charge in [0.2, 0.25) is 0 Å². The highest BCUT2D eigenvalue weighted by Gasteiger charge is 2.19. The topological polar surface area (TPSA) is 87.0 Å². The molecule has 2 N–H and O–H groups in total. The molecule has 2 rings (SSSR count). The first kappa shape index (κ1) is 11.3. The van der Waals surface area contributed by atoms with Crippen LogP contribution in [-0.2, 0) is 13.6 Å². The molecule has 0 spiro atoms. The van der Waals surface area contributed by atoms with Gasteiger partial charge < -0.3 is 5.73 Å². The predicted molar refractivity (Wildman–Crippen MR) is 63.2 cm³/mol. The lowest BCUT2D eigenvalue weighted by Crippen LogP contribution is -1.98. The smallest absolute Gasteiger partial charge is 0.278 e. The fraction of sp³-hybridized carbons (Fsp3) is 0.182. The third-order valence-electron chi connectivity index (χ3n) is 2.48. The molecule has 0 saturated carbocycles. The number of para-hydroxylation sites is 1. The number of hydrogen-bond acceptors (Lipinski definition) is 4. The maximum Gasteiger partial charge on any atom is 0.278 e. The van der Waals surface area contributed by atoms with Crippen molar-refractivity contribution < 1.29 is 4.92 Å². The van der Waals surface area contributed by atoms with Crippen molar-refractivity contribution in [3.63, 3.8) is 0 Å². The summed E-state index contributed by atoms with van der Waals surface area (Å²) in [5.41, 5.74) is 7.51. The second kappa shape index (κ2) is 4.34. The average molecular weight is 232 g/mol. The first-order chi connectivity index (χ1) is 8.13. The van der Waals surface area contributed by atoms with Gasteiger partial charge in [0.1, 0.15) is 5.69 Å². The molecule has 0 aliphatic carbocycles. The Morgan fingerprint density at radius 1 is 1.47 bits per heavy atom. The van der Waals surface area contributed by atoms with Gasteiger partial charge in [0, 0.05) is 31.4 Å². The van der Waals surface area contributed by atoms with Crippen LogP contribution in [0.4, 0.5) is 5.69 Å². The summed E-state index contributed by atoms with van der Waals surface area (Å²) >= 11 is 0. The van der Waals surface area contributed by atoms with Crippen LogP contribution in [0, 0.1) is 10.1 Å². The highest BCUT2D eigenvalue weighted by atomic mass is 16.6. The van der Waals surface area contributed by atoms with Gasteiger partial charge in [0.25, 0.3) is 5.69 Å². The van der Waals surface area contributed by atoms with E-state index in [1.165, 1.54) is 6.07 Å². The summed E-state index contributed by atoms with van der Waals surface area (Å²) in [6, 6.07) is 6.52. The quantitative estimate of drug-likeness (QED) is 0.641. The van der Waals surface area contributed by atoms with Crippen LogP contribution in [0.15, 0.2) is 30.5 Å². The van der Waals surface area contributed by atoms with E-state index in [0.29, 0.717) is 17.8 Å². The van der Waals surface area contributed by atoms with Crippen LogP contribution in [0.2, 0.25) is 0 Å². The Balaban J connectivity index is 2.63. The van der Waals surface area contributed by atoms with Crippen LogP contribution >= 0.6 is 0 Å². The molecular formula is C11H12N4O2. The van der Waals surface area contributed by atoms with Gasteiger partial charge in [-0.1, -0.05) is 12.1 Å². The van der Waals surface area contributed by atoms with E-state index in [1.54, 1.807) is 36.1 Å². The van der Waals surface area contributed by atoms with Gasteiger partial charge in [-0.05, 0) is 6.07 Å². The zero-order valence-electron chi connectivity index (χ0n) is 9.33. The largest absolute Gasteiger partial charge is 0.326 e. The number of nitrogens with two attached hydrogens (primary N) is 1. The summed E-state index contributed by atoms with van der Waals surface area (Å²) in [5.74, 6) is 0. The average Bonchev–Trinajstić information content (AvgIpc) is 2.70. The number of nitrogens with zero attached hydrogens (tertiary/aromatic N) is 3. The number of hydrogen-bond donors (Lipinski definition) is 1. The van der Waals surface area contributed by atoms with E-state index >= 15 is 0 Å². The molecular weight excluding hydrogens is 220 g/mol. The standard InChI is InChI=1S/C11H12N4O2/c1-14-7-8(6-12)11(13-14)9-4-2-3-5-10(9)15(16)17/h2-5,7H,6,12H2,1H3. The molecule has 17 heavy (non-hydrogen) atoms. The van der Waals surface area contributed by atoms with Crippen molar-refractivity contribution in [2.24, 2.45) is 12.8 Å². The summed E-state index contributed by atoms with van der Waals surface area (Å²) in [4.78, 5) is 10.5. The van der Waals surface area contributed by atoms with E-state index in [0.717, 1.165) is 5.56 Å². The zero-order valence-corrected chi connectivity index (χ0v) is 9.33. The van der Waals surface area contributed by atoms with Crippen molar-refractivity contribution in [3.05, 3.63) is 46.1 Å². The van der Waals surface area contributed by atoms with E-state index < -0.39 is 4.92 Å². The van der Waals surface area contributed by atoms with Crippen LogP contribution in [0.25, 0.3) is 11.3 Å². The molecule has 0 atom stereocenters. The number of aromatic nitrogens is 2. The van der Waals surface area contributed by atoms with Crippen molar-refractivity contribution in [2.75, 3.05) is 0 Å². The lowest BCUT2D eigenvalue weighted by atomic mass is 10.1. The van der Waals surface area contributed by atoms with Crippen molar-refractivity contribution >= 4 is 5.69 Å². The Bertz CT molecular complexity index is 562. The molecule has 0 aliphatic rings. The number of benzene rings is 1. The first-order valence-corrected chi connectivity index (χ1v) is 5.10. The monoisotopic (exact) mass is 232 g/mol. The molecule has 2 aromatic rings. The highest BCUT2D eigenvalue weighted by Crippen LogP contribution is 2.30. The van der Waals surface area contributed by atoms with E-state index in [2.05, 4.69) is 5.10 Å². The normalized spacial score (nSPS) is 10.5. The third-order valence-corrected chi connectivity index (χ3v) is 2.48. The molecule has 0 aliphatic heterocycles. The molecule has 6 heteroatoms. The third kappa shape index (κ3) is 2.02.